The zero-order chi connectivity index (χ0) is 14.1. The zero-order valence-electron chi connectivity index (χ0n) is 11.2. The molecule has 0 heterocycles. The van der Waals surface area contributed by atoms with Crippen LogP contribution in [0.3, 0.4) is 0 Å². The SMILES string of the molecule is [2H]C([2H])(N)C(c1ccc(Cl)cc1)C([2H])([2H])C(=O)O. The van der Waals surface area contributed by atoms with Crippen molar-refractivity contribution >= 4 is 17.6 Å². The molecule has 0 aromatic heterocycles. The highest BCUT2D eigenvalue weighted by Crippen LogP contribution is 2.20. The summed E-state index contributed by atoms with van der Waals surface area (Å²) < 4.78 is 29.9. The van der Waals surface area contributed by atoms with Gasteiger partial charge < -0.3 is 10.8 Å². The number of halogens is 1. The molecule has 0 fully saturated rings. The average molecular weight is 218 g/mol. The predicted molar refractivity (Wildman–Crippen MR) is 55.5 cm³/mol. The zero-order valence-corrected chi connectivity index (χ0v) is 7.95. The van der Waals surface area contributed by atoms with Crippen LogP contribution in [0.15, 0.2) is 24.3 Å². The fourth-order valence-electron chi connectivity index (χ4n) is 1.000. The van der Waals surface area contributed by atoms with Crippen molar-refractivity contribution in [1.82, 2.24) is 0 Å². The number of carbonyl (C=O) groups is 1. The van der Waals surface area contributed by atoms with Gasteiger partial charge in [0.15, 0.2) is 0 Å². The molecule has 0 spiro atoms. The lowest BCUT2D eigenvalue weighted by Gasteiger charge is -2.12. The lowest BCUT2D eigenvalue weighted by molar-refractivity contribution is -0.137. The van der Waals surface area contributed by atoms with Crippen LogP contribution < -0.4 is 5.73 Å². The summed E-state index contributed by atoms with van der Waals surface area (Å²) >= 11 is 5.67. The van der Waals surface area contributed by atoms with Gasteiger partial charge in [-0.2, -0.15) is 0 Å². The number of rotatable bonds is 4. The van der Waals surface area contributed by atoms with Crippen LogP contribution >= 0.6 is 11.6 Å². The number of carboxylic acids is 1. The third-order valence-electron chi connectivity index (χ3n) is 1.64. The number of carboxylic acid groups (broad SMARTS) is 1. The van der Waals surface area contributed by atoms with Crippen molar-refractivity contribution in [1.29, 1.82) is 0 Å². The quantitative estimate of drug-likeness (QED) is 0.809. The molecule has 0 aliphatic heterocycles. The van der Waals surface area contributed by atoms with Gasteiger partial charge in [0.05, 0.1) is 6.37 Å². The Morgan fingerprint density at radius 3 is 2.57 bits per heavy atom. The number of hydrogen-bond acceptors (Lipinski definition) is 2. The lowest BCUT2D eigenvalue weighted by atomic mass is 9.96. The summed E-state index contributed by atoms with van der Waals surface area (Å²) in [4.78, 5) is 10.9. The molecule has 0 saturated heterocycles. The van der Waals surface area contributed by atoms with Gasteiger partial charge >= 0.3 is 5.97 Å². The molecule has 3 nitrogen and oxygen atoms in total. The monoisotopic (exact) mass is 217 g/mol. The van der Waals surface area contributed by atoms with Gasteiger partial charge in [0.1, 0.15) is 0 Å². The Morgan fingerprint density at radius 2 is 2.14 bits per heavy atom. The molecule has 1 aromatic rings. The van der Waals surface area contributed by atoms with Crippen LogP contribution in [0.1, 0.15) is 23.3 Å². The number of aliphatic carboxylic acids is 1. The maximum Gasteiger partial charge on any atom is 0.304 e. The molecule has 1 atom stereocenters. The first-order chi connectivity index (χ1) is 8.06. The molecule has 14 heavy (non-hydrogen) atoms. The Balaban J connectivity index is 3.31. The first-order valence-corrected chi connectivity index (χ1v) is 4.22. The molecule has 1 unspecified atom stereocenters. The summed E-state index contributed by atoms with van der Waals surface area (Å²) in [5.74, 6) is -3.41. The highest BCUT2D eigenvalue weighted by molar-refractivity contribution is 6.30. The minimum absolute atomic E-state index is 0.138. The fourth-order valence-corrected chi connectivity index (χ4v) is 1.13. The Kier molecular flexibility index (Phi) is 2.29. The van der Waals surface area contributed by atoms with Gasteiger partial charge in [-0.1, -0.05) is 23.7 Å². The van der Waals surface area contributed by atoms with Crippen molar-refractivity contribution in [3.05, 3.63) is 34.9 Å². The second kappa shape index (κ2) is 4.98. The van der Waals surface area contributed by atoms with Gasteiger partial charge in [-0.15, -0.1) is 0 Å². The number of hydrogen-bond donors (Lipinski definition) is 2. The van der Waals surface area contributed by atoms with Crippen molar-refractivity contribution in [3.63, 3.8) is 0 Å². The molecule has 76 valence electrons. The molecule has 0 amide bonds. The van der Waals surface area contributed by atoms with Crippen molar-refractivity contribution < 1.29 is 15.4 Å². The third kappa shape index (κ3) is 3.01. The fraction of sp³-hybridized carbons (Fsp3) is 0.300. The molecule has 0 aliphatic carbocycles. The summed E-state index contributed by atoms with van der Waals surface area (Å²) in [6.07, 6.45) is -2.83. The van der Waals surface area contributed by atoms with Crippen molar-refractivity contribution in [2.75, 3.05) is 6.50 Å². The smallest absolute Gasteiger partial charge is 0.304 e. The van der Waals surface area contributed by atoms with Crippen molar-refractivity contribution in [3.8, 4) is 0 Å². The van der Waals surface area contributed by atoms with E-state index in [0.29, 0.717) is 5.02 Å². The molecule has 1 rings (SSSR count). The molecule has 0 aliphatic rings. The van der Waals surface area contributed by atoms with Crippen LogP contribution in [0, 0.1) is 0 Å². The van der Waals surface area contributed by atoms with E-state index < -0.39 is 24.8 Å². The lowest BCUT2D eigenvalue weighted by Crippen LogP contribution is -2.16. The second-order valence-electron chi connectivity index (χ2n) is 2.60. The normalized spacial score (nSPS) is 18.7. The van der Waals surface area contributed by atoms with Crippen LogP contribution in [-0.2, 0) is 4.79 Å². The molecule has 4 heteroatoms. The second-order valence-corrected chi connectivity index (χ2v) is 3.04. The molecule has 0 radical (unpaired) electrons. The van der Waals surface area contributed by atoms with Crippen LogP contribution in [0.4, 0.5) is 0 Å². The van der Waals surface area contributed by atoms with E-state index in [4.69, 9.17) is 27.9 Å². The molecule has 3 N–H and O–H groups in total. The third-order valence-corrected chi connectivity index (χ3v) is 1.89. The largest absolute Gasteiger partial charge is 0.481 e. The minimum atomic E-state index is -2.83. The van der Waals surface area contributed by atoms with Gasteiger partial charge in [0, 0.05) is 16.4 Å². The molecular weight excluding hydrogens is 202 g/mol. The van der Waals surface area contributed by atoms with E-state index in [9.17, 15) is 4.79 Å². The maximum absolute atomic E-state index is 10.9. The van der Waals surface area contributed by atoms with Gasteiger partial charge in [0.25, 0.3) is 0 Å². The van der Waals surface area contributed by atoms with Gasteiger partial charge in [-0.3, -0.25) is 4.79 Å². The van der Waals surface area contributed by atoms with E-state index in [1.807, 2.05) is 0 Å². The minimum Gasteiger partial charge on any atom is -0.481 e. The van der Waals surface area contributed by atoms with E-state index in [1.165, 1.54) is 24.3 Å². The van der Waals surface area contributed by atoms with Gasteiger partial charge in [-0.05, 0) is 24.2 Å². The van der Waals surface area contributed by atoms with Gasteiger partial charge in [0.2, 0.25) is 0 Å². The van der Waals surface area contributed by atoms with E-state index in [2.05, 4.69) is 0 Å². The predicted octanol–water partition coefficient (Wildman–Crippen LogP) is 1.86. The van der Waals surface area contributed by atoms with E-state index in [0.717, 1.165) is 0 Å². The van der Waals surface area contributed by atoms with Gasteiger partial charge in [-0.25, -0.2) is 0 Å². The summed E-state index contributed by atoms with van der Waals surface area (Å²) in [6, 6.07) is 5.57. The summed E-state index contributed by atoms with van der Waals surface area (Å²) in [6.45, 7) is -2.52. The van der Waals surface area contributed by atoms with E-state index >= 15 is 0 Å². The van der Waals surface area contributed by atoms with Crippen LogP contribution in [0.2, 0.25) is 5.02 Å². The van der Waals surface area contributed by atoms with Crippen LogP contribution in [0.25, 0.3) is 0 Å². The Bertz CT molecular complexity index is 444. The summed E-state index contributed by atoms with van der Waals surface area (Å²) in [5, 5.41) is 9.25. The van der Waals surface area contributed by atoms with E-state index in [1.54, 1.807) is 0 Å². The molecule has 0 saturated carbocycles. The Morgan fingerprint density at radius 1 is 1.57 bits per heavy atom. The summed E-state index contributed by atoms with van der Waals surface area (Å²) in [7, 11) is 0. The van der Waals surface area contributed by atoms with Crippen LogP contribution in [0.5, 0.6) is 0 Å². The first-order valence-electron chi connectivity index (χ1n) is 5.84. The Hall–Kier alpha value is -1.06. The molecular formula is C10H12ClNO2. The molecule has 1 aromatic carbocycles. The average Bonchev–Trinajstić information content (AvgIpc) is 2.18. The maximum atomic E-state index is 10.9. The van der Waals surface area contributed by atoms with E-state index in [-0.39, 0.29) is 5.56 Å². The summed E-state index contributed by atoms with van der Waals surface area (Å²) in [5.41, 5.74) is 5.41. The topological polar surface area (TPSA) is 63.3 Å². The number of benzene rings is 1. The number of nitrogens with two attached hydrogens (primary N) is 1. The van der Waals surface area contributed by atoms with Crippen molar-refractivity contribution in [2.24, 2.45) is 5.73 Å². The Labute approximate surface area is 93.1 Å². The molecule has 0 bridgehead atoms. The standard InChI is InChI=1S/C10H12ClNO2/c11-9-3-1-7(2-4-9)8(6-12)5-10(13)14/h1-4,8H,5-6,12H2,(H,13,14)/i5D2,6D2. The first kappa shape index (κ1) is 6.43. The highest BCUT2D eigenvalue weighted by atomic mass is 35.5. The highest BCUT2D eigenvalue weighted by Gasteiger charge is 2.13. The van der Waals surface area contributed by atoms with Crippen LogP contribution in [-0.4, -0.2) is 17.6 Å². The van der Waals surface area contributed by atoms with Crippen molar-refractivity contribution in [2.45, 2.75) is 12.3 Å².